The van der Waals surface area contributed by atoms with E-state index in [1.807, 2.05) is 0 Å². The second kappa shape index (κ2) is 11.5. The standard InChI is InChI=1S/C20H29F6N3O6/c1-10(11-4-14(5-11)34-19(21,22)23)33-18(29-27)16-3-2-12(8-32-16)28-17(30)9-31-13-6-15(7-13)35-20(24,25)26/h10-16H,2-9,27H2,1H3,(H,28,30)/b29-18-/t10?,11?,12-,13?,14?,15?,16+/m1/s1. The predicted octanol–water partition coefficient (Wildman–Crippen LogP) is 2.73. The highest BCUT2D eigenvalue weighted by Crippen LogP contribution is 2.38. The molecule has 9 nitrogen and oxygen atoms in total. The number of amides is 1. The fourth-order valence-corrected chi connectivity index (χ4v) is 4.21. The fraction of sp³-hybridized carbons (Fsp3) is 0.900. The van der Waals surface area contributed by atoms with Gasteiger partial charge in [0, 0.05) is 18.8 Å². The summed E-state index contributed by atoms with van der Waals surface area (Å²) in [6.45, 7) is 1.56. The minimum atomic E-state index is -4.69. The second-order valence-electron chi connectivity index (χ2n) is 8.96. The maximum atomic E-state index is 12.3. The van der Waals surface area contributed by atoms with Crippen molar-refractivity contribution in [2.75, 3.05) is 13.2 Å². The number of nitrogens with zero attached hydrogens (tertiary/aromatic N) is 1. The Morgan fingerprint density at radius 3 is 2.14 bits per heavy atom. The molecule has 202 valence electrons. The number of rotatable bonds is 9. The Balaban J connectivity index is 1.29. The van der Waals surface area contributed by atoms with Crippen molar-refractivity contribution >= 4 is 11.8 Å². The highest BCUT2D eigenvalue weighted by Gasteiger charge is 2.43. The molecular weight excluding hydrogens is 492 g/mol. The highest BCUT2D eigenvalue weighted by atomic mass is 19.4. The van der Waals surface area contributed by atoms with E-state index in [4.69, 9.17) is 20.1 Å². The second-order valence-corrected chi connectivity index (χ2v) is 8.96. The van der Waals surface area contributed by atoms with E-state index in [1.54, 1.807) is 6.92 Å². The molecular formula is C20H29F6N3O6. The Kier molecular flexibility index (Phi) is 9.10. The van der Waals surface area contributed by atoms with Crippen LogP contribution in [0.15, 0.2) is 5.10 Å². The average molecular weight is 521 g/mol. The summed E-state index contributed by atoms with van der Waals surface area (Å²) in [7, 11) is 0. The number of halogens is 6. The van der Waals surface area contributed by atoms with Crippen LogP contribution in [0.1, 0.15) is 45.4 Å². The van der Waals surface area contributed by atoms with Crippen molar-refractivity contribution in [3.05, 3.63) is 0 Å². The number of nitrogens with two attached hydrogens (primary N) is 1. The lowest BCUT2D eigenvalue weighted by atomic mass is 9.79. The van der Waals surface area contributed by atoms with E-state index >= 15 is 0 Å². The number of hydrogen-bond donors (Lipinski definition) is 2. The Hall–Kier alpha value is -1.84. The molecule has 1 heterocycles. The molecule has 0 aromatic rings. The van der Waals surface area contributed by atoms with Crippen molar-refractivity contribution in [3.8, 4) is 0 Å². The van der Waals surface area contributed by atoms with Crippen LogP contribution in [0.2, 0.25) is 0 Å². The first kappa shape index (κ1) is 27.7. The van der Waals surface area contributed by atoms with Crippen LogP contribution >= 0.6 is 0 Å². The Morgan fingerprint density at radius 2 is 1.63 bits per heavy atom. The molecule has 0 aromatic heterocycles. The zero-order valence-electron chi connectivity index (χ0n) is 18.9. The van der Waals surface area contributed by atoms with Gasteiger partial charge < -0.3 is 25.4 Å². The van der Waals surface area contributed by atoms with Crippen molar-refractivity contribution in [1.29, 1.82) is 0 Å². The summed E-state index contributed by atoms with van der Waals surface area (Å²) in [6.07, 6.45) is -11.2. The highest BCUT2D eigenvalue weighted by molar-refractivity contribution is 5.81. The van der Waals surface area contributed by atoms with Crippen LogP contribution in [0.5, 0.6) is 0 Å². The minimum absolute atomic E-state index is 0.0670. The lowest BCUT2D eigenvalue weighted by Crippen LogP contribution is -2.48. The Bertz CT molecular complexity index is 732. The van der Waals surface area contributed by atoms with Gasteiger partial charge in [0.15, 0.2) is 0 Å². The number of ether oxygens (including phenoxy) is 5. The monoisotopic (exact) mass is 521 g/mol. The van der Waals surface area contributed by atoms with Gasteiger partial charge in [-0.15, -0.1) is 31.4 Å². The van der Waals surface area contributed by atoms with Gasteiger partial charge in [0.05, 0.1) is 31.0 Å². The topological polar surface area (TPSA) is 114 Å². The van der Waals surface area contributed by atoms with Crippen LogP contribution in [0.3, 0.4) is 0 Å². The van der Waals surface area contributed by atoms with Gasteiger partial charge in [0.1, 0.15) is 18.8 Å². The number of nitrogens with one attached hydrogen (secondary N) is 1. The van der Waals surface area contributed by atoms with E-state index < -0.39 is 49.2 Å². The van der Waals surface area contributed by atoms with Gasteiger partial charge >= 0.3 is 12.7 Å². The number of hydrazone groups is 1. The third kappa shape index (κ3) is 8.95. The molecule has 1 unspecified atom stereocenters. The molecule has 1 amide bonds. The first-order valence-corrected chi connectivity index (χ1v) is 11.3. The lowest BCUT2D eigenvalue weighted by molar-refractivity contribution is -0.357. The van der Waals surface area contributed by atoms with Crippen molar-refractivity contribution in [3.63, 3.8) is 0 Å². The number of hydrogen-bond acceptors (Lipinski definition) is 8. The minimum Gasteiger partial charge on any atom is -0.475 e. The summed E-state index contributed by atoms with van der Waals surface area (Å²) in [5.74, 6) is 4.99. The largest absolute Gasteiger partial charge is 0.522 e. The Labute approximate surface area is 197 Å². The van der Waals surface area contributed by atoms with Crippen LogP contribution in [-0.4, -0.2) is 74.3 Å². The van der Waals surface area contributed by atoms with Gasteiger partial charge in [-0.3, -0.25) is 14.3 Å². The van der Waals surface area contributed by atoms with Crippen LogP contribution < -0.4 is 11.2 Å². The zero-order valence-corrected chi connectivity index (χ0v) is 18.9. The first-order valence-electron chi connectivity index (χ1n) is 11.3. The van der Waals surface area contributed by atoms with Crippen LogP contribution in [0, 0.1) is 5.92 Å². The van der Waals surface area contributed by atoms with Crippen molar-refractivity contribution in [2.45, 2.75) is 94.7 Å². The third-order valence-corrected chi connectivity index (χ3v) is 6.25. The molecule has 3 fully saturated rings. The van der Waals surface area contributed by atoms with E-state index in [-0.39, 0.29) is 56.8 Å². The quantitative estimate of drug-likeness (QED) is 0.158. The summed E-state index contributed by atoms with van der Waals surface area (Å²) in [5.41, 5.74) is 0. The molecule has 3 N–H and O–H groups in total. The van der Waals surface area contributed by atoms with Crippen molar-refractivity contribution in [2.24, 2.45) is 16.9 Å². The molecule has 35 heavy (non-hydrogen) atoms. The van der Waals surface area contributed by atoms with Crippen molar-refractivity contribution in [1.82, 2.24) is 5.32 Å². The first-order chi connectivity index (χ1) is 16.3. The number of alkyl halides is 6. The van der Waals surface area contributed by atoms with Gasteiger partial charge in [-0.2, -0.15) is 0 Å². The average Bonchev–Trinajstić information content (AvgIpc) is 2.69. The maximum Gasteiger partial charge on any atom is 0.522 e. The molecule has 2 aliphatic carbocycles. The number of carbonyl (C=O) groups excluding carboxylic acids is 1. The Morgan fingerprint density at radius 1 is 1.03 bits per heavy atom. The molecule has 3 aliphatic rings. The predicted molar refractivity (Wildman–Crippen MR) is 107 cm³/mol. The molecule has 1 aliphatic heterocycles. The molecule has 0 spiro atoms. The zero-order chi connectivity index (χ0) is 25.8. The summed E-state index contributed by atoms with van der Waals surface area (Å²) in [4.78, 5) is 12.1. The van der Waals surface area contributed by atoms with Crippen LogP contribution in [-0.2, 0) is 28.5 Å². The van der Waals surface area contributed by atoms with E-state index in [1.165, 1.54) is 0 Å². The summed E-state index contributed by atoms with van der Waals surface area (Å²) < 4.78 is 97.7. The molecule has 3 rings (SSSR count). The lowest BCUT2D eigenvalue weighted by Gasteiger charge is -2.39. The van der Waals surface area contributed by atoms with E-state index in [2.05, 4.69) is 19.9 Å². The normalized spacial score (nSPS) is 32.8. The summed E-state index contributed by atoms with van der Waals surface area (Å²) >= 11 is 0. The SMILES string of the molecule is CC(O/C(=N\N)[C@@H]1CC[C@@H](NC(=O)COC2CC(OC(F)(F)F)C2)CO1)C1CC(OC(F)(F)F)C1. The summed E-state index contributed by atoms with van der Waals surface area (Å²) in [6, 6.07) is -0.312. The van der Waals surface area contributed by atoms with Gasteiger partial charge in [0.25, 0.3) is 0 Å². The smallest absolute Gasteiger partial charge is 0.475 e. The summed E-state index contributed by atoms with van der Waals surface area (Å²) in [5, 5.41) is 6.35. The van der Waals surface area contributed by atoms with Crippen LogP contribution in [0.25, 0.3) is 0 Å². The molecule has 2 saturated carbocycles. The van der Waals surface area contributed by atoms with Gasteiger partial charge in [0.2, 0.25) is 11.8 Å². The molecule has 0 aromatic carbocycles. The van der Waals surface area contributed by atoms with E-state index in [0.717, 1.165) is 0 Å². The molecule has 0 bridgehead atoms. The van der Waals surface area contributed by atoms with E-state index in [9.17, 15) is 31.1 Å². The van der Waals surface area contributed by atoms with Gasteiger partial charge in [-0.1, -0.05) is 0 Å². The fourth-order valence-electron chi connectivity index (χ4n) is 4.21. The molecule has 0 radical (unpaired) electrons. The van der Waals surface area contributed by atoms with Gasteiger partial charge in [-0.05, 0) is 32.6 Å². The molecule has 15 heteroatoms. The molecule has 3 atom stereocenters. The van der Waals surface area contributed by atoms with Crippen molar-refractivity contribution < 1.29 is 54.8 Å². The van der Waals surface area contributed by atoms with Gasteiger partial charge in [-0.25, -0.2) is 0 Å². The number of carbonyl (C=O) groups is 1. The van der Waals surface area contributed by atoms with E-state index in [0.29, 0.717) is 12.8 Å². The maximum absolute atomic E-state index is 12.3. The molecule has 1 saturated heterocycles. The third-order valence-electron chi connectivity index (χ3n) is 6.25. The van der Waals surface area contributed by atoms with Crippen LogP contribution in [0.4, 0.5) is 26.3 Å².